The number of likely N-dealkylation sites (tertiary alicyclic amines) is 1. The van der Waals surface area contributed by atoms with Crippen LogP contribution in [0.5, 0.6) is 11.5 Å². The van der Waals surface area contributed by atoms with Gasteiger partial charge in [-0.3, -0.25) is 9.59 Å². The fraction of sp³-hybridized carbons (Fsp3) is 0.536. The van der Waals surface area contributed by atoms with Crippen LogP contribution >= 0.6 is 0 Å². The van der Waals surface area contributed by atoms with Gasteiger partial charge in [-0.15, -0.1) is 0 Å². The van der Waals surface area contributed by atoms with Crippen molar-refractivity contribution < 1.29 is 24.2 Å². The molecule has 8 nitrogen and oxygen atoms in total. The summed E-state index contributed by atoms with van der Waals surface area (Å²) in [4.78, 5) is 31.0. The van der Waals surface area contributed by atoms with E-state index in [9.17, 15) is 14.7 Å². The van der Waals surface area contributed by atoms with E-state index in [1.165, 1.54) is 5.56 Å². The van der Waals surface area contributed by atoms with Gasteiger partial charge >= 0.3 is 5.97 Å². The Hall–Kier alpha value is -3.29. The van der Waals surface area contributed by atoms with Crippen molar-refractivity contribution in [2.24, 2.45) is 5.92 Å². The first-order valence-electron chi connectivity index (χ1n) is 13.2. The molecule has 1 aromatic heterocycles. The number of nitrogens with one attached hydrogen (secondary N) is 1. The van der Waals surface area contributed by atoms with Crippen LogP contribution in [0.25, 0.3) is 0 Å². The number of ether oxygens (including phenoxy) is 2. The number of carboxylic acid groups (broad SMARTS) is 1. The van der Waals surface area contributed by atoms with Crippen LogP contribution < -0.4 is 14.8 Å². The molecule has 0 aliphatic carbocycles. The maximum absolute atomic E-state index is 12.8. The Morgan fingerprint density at radius 1 is 1.14 bits per heavy atom. The number of pyridine rings is 1. The van der Waals surface area contributed by atoms with Crippen LogP contribution in [0.1, 0.15) is 67.7 Å². The lowest BCUT2D eigenvalue weighted by Crippen LogP contribution is -2.38. The van der Waals surface area contributed by atoms with Gasteiger partial charge in [-0.05, 0) is 86.1 Å². The minimum Gasteiger partial charge on any atom is -0.481 e. The number of aliphatic carboxylic acids is 1. The number of carbonyl (C=O) groups is 2. The minimum atomic E-state index is -0.790. The summed E-state index contributed by atoms with van der Waals surface area (Å²) >= 11 is 0. The number of aryl methyl sites for hydroxylation is 2. The molecule has 4 heterocycles. The SMILES string of the molecule is O=C(O)CC(CCC1CCN(C(=O)CCc2ccc3c(n2)NCCC3)CC1)c1ccc2c(c1)OCO2. The number of hydrogen-bond donors (Lipinski definition) is 2. The van der Waals surface area contributed by atoms with Crippen LogP contribution in [0.2, 0.25) is 0 Å². The van der Waals surface area contributed by atoms with Crippen molar-refractivity contribution in [1.82, 2.24) is 9.88 Å². The lowest BCUT2D eigenvalue weighted by molar-refractivity contribution is -0.137. The lowest BCUT2D eigenvalue weighted by Gasteiger charge is -2.32. The lowest BCUT2D eigenvalue weighted by atomic mass is 9.84. The number of nitrogens with zero attached hydrogens (tertiary/aromatic N) is 2. The molecular formula is C28H35N3O5. The van der Waals surface area contributed by atoms with E-state index in [0.29, 0.717) is 30.3 Å². The second-order valence-corrected chi connectivity index (χ2v) is 10.1. The van der Waals surface area contributed by atoms with E-state index in [-0.39, 0.29) is 25.0 Å². The molecule has 0 spiro atoms. The summed E-state index contributed by atoms with van der Waals surface area (Å²) in [5.74, 6) is 2.24. The Morgan fingerprint density at radius 3 is 2.81 bits per heavy atom. The van der Waals surface area contributed by atoms with Gasteiger partial charge in [0.15, 0.2) is 11.5 Å². The summed E-state index contributed by atoms with van der Waals surface area (Å²) in [5.41, 5.74) is 3.22. The smallest absolute Gasteiger partial charge is 0.303 e. The topological polar surface area (TPSA) is 101 Å². The van der Waals surface area contributed by atoms with E-state index in [1.807, 2.05) is 23.1 Å². The number of rotatable bonds is 9. The molecule has 0 radical (unpaired) electrons. The molecule has 2 aromatic rings. The van der Waals surface area contributed by atoms with Gasteiger partial charge < -0.3 is 24.8 Å². The van der Waals surface area contributed by atoms with E-state index < -0.39 is 5.97 Å². The van der Waals surface area contributed by atoms with Crippen LogP contribution in [-0.4, -0.2) is 53.3 Å². The monoisotopic (exact) mass is 493 g/mol. The molecule has 1 saturated heterocycles. The molecule has 3 aliphatic heterocycles. The molecule has 1 amide bonds. The molecule has 2 N–H and O–H groups in total. The predicted octanol–water partition coefficient (Wildman–Crippen LogP) is 4.38. The first kappa shape index (κ1) is 24.4. The Labute approximate surface area is 212 Å². The third-order valence-electron chi connectivity index (χ3n) is 7.73. The van der Waals surface area contributed by atoms with Gasteiger partial charge in [0.05, 0.1) is 6.42 Å². The zero-order valence-electron chi connectivity index (χ0n) is 20.7. The third kappa shape index (κ3) is 5.91. The maximum atomic E-state index is 12.8. The van der Waals surface area contributed by atoms with Gasteiger partial charge in [0, 0.05) is 31.7 Å². The Balaban J connectivity index is 1.08. The molecule has 1 fully saturated rings. The number of amides is 1. The summed E-state index contributed by atoms with van der Waals surface area (Å²) in [6.07, 6.45) is 7.16. The summed E-state index contributed by atoms with van der Waals surface area (Å²) in [6.45, 7) is 2.72. The molecule has 1 unspecified atom stereocenters. The summed E-state index contributed by atoms with van der Waals surface area (Å²) in [7, 11) is 0. The molecular weight excluding hydrogens is 458 g/mol. The normalized spacial score (nSPS) is 17.8. The number of aromatic nitrogens is 1. The number of carboxylic acids is 1. The summed E-state index contributed by atoms with van der Waals surface area (Å²) in [6, 6.07) is 9.94. The molecule has 1 atom stereocenters. The van der Waals surface area contributed by atoms with Gasteiger partial charge in [-0.25, -0.2) is 4.98 Å². The molecule has 192 valence electrons. The molecule has 0 bridgehead atoms. The largest absolute Gasteiger partial charge is 0.481 e. The highest BCUT2D eigenvalue weighted by atomic mass is 16.7. The van der Waals surface area contributed by atoms with Crippen LogP contribution in [0, 0.1) is 5.92 Å². The Morgan fingerprint density at radius 2 is 1.97 bits per heavy atom. The molecule has 8 heteroatoms. The highest BCUT2D eigenvalue weighted by Gasteiger charge is 2.25. The van der Waals surface area contributed by atoms with Crippen molar-refractivity contribution in [1.29, 1.82) is 0 Å². The summed E-state index contributed by atoms with van der Waals surface area (Å²) in [5, 5.41) is 12.8. The van der Waals surface area contributed by atoms with Gasteiger partial charge in [0.25, 0.3) is 0 Å². The Bertz CT molecular complexity index is 1100. The molecule has 5 rings (SSSR count). The van der Waals surface area contributed by atoms with Crippen molar-refractivity contribution in [3.63, 3.8) is 0 Å². The van der Waals surface area contributed by atoms with Crippen LogP contribution in [0.4, 0.5) is 5.82 Å². The number of anilines is 1. The Kier molecular flexibility index (Phi) is 7.58. The van der Waals surface area contributed by atoms with Crippen LogP contribution in [-0.2, 0) is 22.4 Å². The van der Waals surface area contributed by atoms with E-state index in [4.69, 9.17) is 14.5 Å². The number of carbonyl (C=O) groups excluding carboxylic acids is 1. The average molecular weight is 494 g/mol. The fourth-order valence-electron chi connectivity index (χ4n) is 5.57. The number of fused-ring (bicyclic) bond motifs is 2. The van der Waals surface area contributed by atoms with E-state index in [1.54, 1.807) is 0 Å². The number of benzene rings is 1. The van der Waals surface area contributed by atoms with Crippen LogP contribution in [0.15, 0.2) is 30.3 Å². The first-order valence-corrected chi connectivity index (χ1v) is 13.2. The zero-order valence-corrected chi connectivity index (χ0v) is 20.7. The van der Waals surface area contributed by atoms with Gasteiger partial charge in [0.2, 0.25) is 12.7 Å². The maximum Gasteiger partial charge on any atom is 0.303 e. The standard InChI is InChI=1S/C28H35N3O5/c32-26(10-8-23-7-5-20-2-1-13-29-28(20)30-23)31-14-11-19(12-15-31)3-4-22(17-27(33)34)21-6-9-24-25(16-21)36-18-35-24/h5-7,9,16,19,22H,1-4,8,10-15,17-18H2,(H,29,30)(H,33,34). The van der Waals surface area contributed by atoms with E-state index in [2.05, 4.69) is 17.4 Å². The first-order chi connectivity index (χ1) is 17.5. The quantitative estimate of drug-likeness (QED) is 0.535. The fourth-order valence-corrected chi connectivity index (χ4v) is 5.57. The van der Waals surface area contributed by atoms with Crippen molar-refractivity contribution in [2.75, 3.05) is 31.7 Å². The third-order valence-corrected chi connectivity index (χ3v) is 7.73. The average Bonchev–Trinajstić information content (AvgIpc) is 3.38. The van der Waals surface area contributed by atoms with Crippen molar-refractivity contribution in [2.45, 2.75) is 63.7 Å². The molecule has 0 saturated carbocycles. The predicted molar refractivity (Wildman–Crippen MR) is 135 cm³/mol. The molecule has 36 heavy (non-hydrogen) atoms. The second kappa shape index (κ2) is 11.2. The van der Waals surface area contributed by atoms with E-state index >= 15 is 0 Å². The van der Waals surface area contributed by atoms with Gasteiger partial charge in [-0.2, -0.15) is 0 Å². The van der Waals surface area contributed by atoms with Crippen molar-refractivity contribution >= 4 is 17.7 Å². The van der Waals surface area contributed by atoms with Crippen molar-refractivity contribution in [3.8, 4) is 11.5 Å². The number of piperidine rings is 1. The second-order valence-electron chi connectivity index (χ2n) is 10.1. The van der Waals surface area contributed by atoms with Gasteiger partial charge in [-0.1, -0.05) is 12.1 Å². The van der Waals surface area contributed by atoms with Gasteiger partial charge in [0.1, 0.15) is 5.82 Å². The number of hydrogen-bond acceptors (Lipinski definition) is 6. The van der Waals surface area contributed by atoms with E-state index in [0.717, 1.165) is 75.2 Å². The molecule has 1 aromatic carbocycles. The highest BCUT2D eigenvalue weighted by molar-refractivity contribution is 5.76. The summed E-state index contributed by atoms with van der Waals surface area (Å²) < 4.78 is 10.9. The van der Waals surface area contributed by atoms with Crippen LogP contribution in [0.3, 0.4) is 0 Å². The highest BCUT2D eigenvalue weighted by Crippen LogP contribution is 2.38. The zero-order chi connectivity index (χ0) is 24.9. The minimum absolute atomic E-state index is 0.0599. The van der Waals surface area contributed by atoms with Crippen molar-refractivity contribution in [3.05, 3.63) is 47.2 Å². The molecule has 3 aliphatic rings.